The van der Waals surface area contributed by atoms with E-state index in [0.717, 1.165) is 0 Å². The highest BCUT2D eigenvalue weighted by Gasteiger charge is 2.42. The summed E-state index contributed by atoms with van der Waals surface area (Å²) in [5.41, 5.74) is 1.56. The second-order valence-corrected chi connectivity index (χ2v) is 7.96. The molecule has 2 N–H and O–H groups in total. The van der Waals surface area contributed by atoms with Crippen LogP contribution in [0.15, 0.2) is 54.9 Å². The van der Waals surface area contributed by atoms with Crippen molar-refractivity contribution in [3.63, 3.8) is 0 Å². The quantitative estimate of drug-likeness (QED) is 0.536. The Bertz CT molecular complexity index is 1170. The number of fused-ring (bicyclic) bond motifs is 1. The average Bonchev–Trinajstić information content (AvgIpc) is 3.13. The molecule has 164 valence electrons. The maximum atomic E-state index is 13.2. The molecule has 2 unspecified atom stereocenters. The van der Waals surface area contributed by atoms with Gasteiger partial charge in [-0.25, -0.2) is 0 Å². The summed E-state index contributed by atoms with van der Waals surface area (Å²) in [7, 11) is 1.50. The van der Waals surface area contributed by atoms with Gasteiger partial charge in [0.2, 0.25) is 5.91 Å². The molecule has 2 aromatic carbocycles. The second-order valence-electron chi connectivity index (χ2n) is 7.15. The van der Waals surface area contributed by atoms with Crippen molar-refractivity contribution in [1.29, 1.82) is 0 Å². The van der Waals surface area contributed by atoms with E-state index in [1.165, 1.54) is 19.5 Å². The van der Waals surface area contributed by atoms with E-state index in [2.05, 4.69) is 15.6 Å². The topological polar surface area (TPSA) is 89.6 Å². The summed E-state index contributed by atoms with van der Waals surface area (Å²) in [5.74, 6) is -0.755. The molecule has 0 saturated carbocycles. The molecule has 0 aliphatic carbocycles. The lowest BCUT2D eigenvalue weighted by atomic mass is 9.90. The van der Waals surface area contributed by atoms with Crippen LogP contribution in [0, 0.1) is 0 Å². The number of hydrogen-bond acceptors (Lipinski definition) is 5. The van der Waals surface area contributed by atoms with Crippen LogP contribution in [-0.2, 0) is 4.79 Å². The molecule has 2 heterocycles. The highest BCUT2D eigenvalue weighted by molar-refractivity contribution is 6.39. The monoisotopic (exact) mass is 471 g/mol. The number of amides is 2. The highest BCUT2D eigenvalue weighted by Crippen LogP contribution is 2.47. The summed E-state index contributed by atoms with van der Waals surface area (Å²) in [6, 6.07) is 12.3. The number of rotatable bonds is 5. The van der Waals surface area contributed by atoms with Crippen LogP contribution in [0.4, 0.5) is 11.4 Å². The van der Waals surface area contributed by atoms with Gasteiger partial charge in [0.1, 0.15) is 12.0 Å². The van der Waals surface area contributed by atoms with Crippen LogP contribution in [0.5, 0.6) is 11.5 Å². The minimum absolute atomic E-state index is 0.194. The van der Waals surface area contributed by atoms with E-state index in [9.17, 15) is 9.59 Å². The lowest BCUT2D eigenvalue weighted by molar-refractivity contribution is -0.118. The molecule has 0 spiro atoms. The molecule has 0 radical (unpaired) electrons. The third-order valence-electron chi connectivity index (χ3n) is 5.12. The van der Waals surface area contributed by atoms with Crippen molar-refractivity contribution in [1.82, 2.24) is 4.98 Å². The third kappa shape index (κ3) is 4.09. The minimum Gasteiger partial charge on any atom is -0.493 e. The van der Waals surface area contributed by atoms with Crippen LogP contribution >= 0.6 is 23.2 Å². The summed E-state index contributed by atoms with van der Waals surface area (Å²) in [5, 5.41) is 5.99. The standard InChI is InChI=1S/C23H19Cl2N3O4/c1-12-18(23(30)27-13-6-4-3-5-7-13)19-14(8-9-17(31-2)21(19)32-12)22(29)28-20-15(24)10-26-11-16(20)25/h3-12,18H,1-2H3,(H,27,30)(H,26,28,29). The predicted molar refractivity (Wildman–Crippen MR) is 123 cm³/mol. The molecule has 2 amide bonds. The number of pyridine rings is 1. The summed E-state index contributed by atoms with van der Waals surface area (Å²) in [6.45, 7) is 1.77. The SMILES string of the molecule is COc1ccc(C(=O)Nc2c(Cl)cncc2Cl)c2c1OC(C)C2C(=O)Nc1ccccc1. The fourth-order valence-corrected chi connectivity index (χ4v) is 4.11. The second kappa shape index (κ2) is 9.06. The Hall–Kier alpha value is -3.29. The number of methoxy groups -OCH3 is 1. The number of para-hydroxylation sites is 1. The average molecular weight is 472 g/mol. The largest absolute Gasteiger partial charge is 0.493 e. The van der Waals surface area contributed by atoms with E-state index in [1.807, 2.05) is 18.2 Å². The predicted octanol–water partition coefficient (Wildman–Crippen LogP) is 5.15. The molecule has 9 heteroatoms. The van der Waals surface area contributed by atoms with E-state index in [1.54, 1.807) is 31.2 Å². The molecule has 32 heavy (non-hydrogen) atoms. The van der Waals surface area contributed by atoms with E-state index >= 15 is 0 Å². The Morgan fingerprint density at radius 2 is 1.72 bits per heavy atom. The Labute approximate surface area is 194 Å². The first-order valence-corrected chi connectivity index (χ1v) is 10.5. The van der Waals surface area contributed by atoms with Crippen molar-refractivity contribution in [2.24, 2.45) is 0 Å². The van der Waals surface area contributed by atoms with Gasteiger partial charge >= 0.3 is 0 Å². The Morgan fingerprint density at radius 3 is 2.38 bits per heavy atom. The van der Waals surface area contributed by atoms with Crippen molar-refractivity contribution in [2.45, 2.75) is 18.9 Å². The first-order chi connectivity index (χ1) is 15.4. The van der Waals surface area contributed by atoms with Crippen molar-refractivity contribution >= 4 is 46.4 Å². The fraction of sp³-hybridized carbons (Fsp3) is 0.174. The number of nitrogens with one attached hydrogen (secondary N) is 2. The summed E-state index contributed by atoms with van der Waals surface area (Å²) < 4.78 is 11.4. The number of aromatic nitrogens is 1. The van der Waals surface area contributed by atoms with Crippen LogP contribution in [0.25, 0.3) is 0 Å². The molecular weight excluding hydrogens is 453 g/mol. The third-order valence-corrected chi connectivity index (χ3v) is 5.70. The Balaban J connectivity index is 1.73. The minimum atomic E-state index is -0.746. The molecule has 4 rings (SSSR count). The zero-order valence-corrected chi connectivity index (χ0v) is 18.7. The molecule has 0 saturated heterocycles. The molecule has 0 fully saturated rings. The first kappa shape index (κ1) is 21.9. The van der Waals surface area contributed by atoms with Crippen LogP contribution < -0.4 is 20.1 Å². The van der Waals surface area contributed by atoms with Crippen molar-refractivity contribution in [3.05, 3.63) is 76.0 Å². The van der Waals surface area contributed by atoms with Gasteiger partial charge in [0.05, 0.1) is 22.8 Å². The van der Waals surface area contributed by atoms with Crippen LogP contribution in [-0.4, -0.2) is 30.0 Å². The highest BCUT2D eigenvalue weighted by atomic mass is 35.5. The lowest BCUT2D eigenvalue weighted by Gasteiger charge is -2.17. The number of benzene rings is 2. The van der Waals surface area contributed by atoms with Crippen LogP contribution in [0.3, 0.4) is 0 Å². The van der Waals surface area contributed by atoms with Gasteiger partial charge in [-0.1, -0.05) is 41.4 Å². The number of carbonyl (C=O) groups is 2. The molecule has 3 aromatic rings. The Kier molecular flexibility index (Phi) is 6.21. The summed E-state index contributed by atoms with van der Waals surface area (Å²) in [4.78, 5) is 30.3. The fourth-order valence-electron chi connectivity index (χ4n) is 3.65. The van der Waals surface area contributed by atoms with Gasteiger partial charge in [-0.05, 0) is 31.2 Å². The van der Waals surface area contributed by atoms with E-state index in [-0.39, 0.29) is 27.2 Å². The number of nitrogens with zero attached hydrogens (tertiary/aromatic N) is 1. The Morgan fingerprint density at radius 1 is 1.03 bits per heavy atom. The number of anilines is 2. The molecular formula is C23H19Cl2N3O4. The van der Waals surface area contributed by atoms with Gasteiger partial charge in [-0.2, -0.15) is 0 Å². The number of ether oxygens (including phenoxy) is 2. The van der Waals surface area contributed by atoms with Gasteiger partial charge in [-0.15, -0.1) is 0 Å². The van der Waals surface area contributed by atoms with Gasteiger partial charge in [0.15, 0.2) is 11.5 Å². The van der Waals surface area contributed by atoms with E-state index < -0.39 is 17.9 Å². The molecule has 1 aliphatic heterocycles. The number of hydrogen-bond donors (Lipinski definition) is 2. The first-order valence-electron chi connectivity index (χ1n) is 9.74. The van der Waals surface area contributed by atoms with Crippen LogP contribution in [0.1, 0.15) is 28.8 Å². The van der Waals surface area contributed by atoms with Crippen molar-refractivity contribution in [3.8, 4) is 11.5 Å². The smallest absolute Gasteiger partial charge is 0.256 e. The van der Waals surface area contributed by atoms with Crippen molar-refractivity contribution in [2.75, 3.05) is 17.7 Å². The molecule has 0 bridgehead atoms. The van der Waals surface area contributed by atoms with Gasteiger partial charge in [0, 0.05) is 29.2 Å². The zero-order valence-electron chi connectivity index (χ0n) is 17.2. The zero-order chi connectivity index (χ0) is 22.8. The molecule has 2 atom stereocenters. The van der Waals surface area contributed by atoms with E-state index in [0.29, 0.717) is 22.7 Å². The normalized spacial score (nSPS) is 16.6. The maximum absolute atomic E-state index is 13.2. The molecule has 1 aromatic heterocycles. The van der Waals surface area contributed by atoms with E-state index in [4.69, 9.17) is 32.7 Å². The molecule has 1 aliphatic rings. The lowest BCUT2D eigenvalue weighted by Crippen LogP contribution is -2.29. The maximum Gasteiger partial charge on any atom is 0.256 e. The number of halogens is 2. The summed E-state index contributed by atoms with van der Waals surface area (Å²) in [6.07, 6.45) is 2.23. The molecule has 7 nitrogen and oxygen atoms in total. The van der Waals surface area contributed by atoms with Gasteiger partial charge < -0.3 is 20.1 Å². The number of carbonyl (C=O) groups excluding carboxylic acids is 2. The van der Waals surface area contributed by atoms with Gasteiger partial charge in [-0.3, -0.25) is 14.6 Å². The van der Waals surface area contributed by atoms with Crippen molar-refractivity contribution < 1.29 is 19.1 Å². The summed E-state index contributed by atoms with van der Waals surface area (Å²) >= 11 is 12.3. The van der Waals surface area contributed by atoms with Crippen LogP contribution in [0.2, 0.25) is 10.0 Å². The van der Waals surface area contributed by atoms with Gasteiger partial charge in [0.25, 0.3) is 5.91 Å².